The molecule has 98 valence electrons. The highest BCUT2D eigenvalue weighted by atomic mass is 16.1. The first-order valence-electron chi connectivity index (χ1n) is 6.11. The quantitative estimate of drug-likeness (QED) is 0.790. The highest BCUT2D eigenvalue weighted by molar-refractivity contribution is 5.96. The highest BCUT2D eigenvalue weighted by Crippen LogP contribution is 2.10. The minimum Gasteiger partial charge on any atom is -0.292 e. The Hall–Kier alpha value is -2.23. The van der Waals surface area contributed by atoms with Crippen molar-refractivity contribution in [2.75, 3.05) is 0 Å². The largest absolute Gasteiger partial charge is 0.292 e. The third-order valence-corrected chi connectivity index (χ3v) is 3.13. The summed E-state index contributed by atoms with van der Waals surface area (Å²) in [5.41, 5.74) is 3.35. The molecule has 0 aliphatic carbocycles. The van der Waals surface area contributed by atoms with Gasteiger partial charge in [0.05, 0.1) is 6.20 Å². The fourth-order valence-corrected chi connectivity index (χ4v) is 1.79. The lowest BCUT2D eigenvalue weighted by atomic mass is 10.0. The molecule has 4 nitrogen and oxygen atoms in total. The number of ketones is 1. The van der Waals surface area contributed by atoms with Gasteiger partial charge in [-0.2, -0.15) is 5.10 Å². The number of hydrogen-bond acceptors (Lipinski definition) is 3. The van der Waals surface area contributed by atoms with E-state index in [9.17, 15) is 9.59 Å². The van der Waals surface area contributed by atoms with E-state index in [1.165, 1.54) is 10.7 Å². The molecule has 0 atom stereocenters. The fourth-order valence-electron chi connectivity index (χ4n) is 1.79. The Bertz CT molecular complexity index is 687. The average molecular weight is 256 g/mol. The number of aryl methyl sites for hydroxylation is 3. The first kappa shape index (κ1) is 13.2. The first-order chi connectivity index (χ1) is 8.97. The van der Waals surface area contributed by atoms with Crippen molar-refractivity contribution in [3.8, 4) is 0 Å². The molecule has 0 aliphatic rings. The van der Waals surface area contributed by atoms with Gasteiger partial charge in [0.25, 0.3) is 5.56 Å². The predicted molar refractivity (Wildman–Crippen MR) is 73.5 cm³/mol. The summed E-state index contributed by atoms with van der Waals surface area (Å²) < 4.78 is 1.19. The van der Waals surface area contributed by atoms with Gasteiger partial charge in [0.1, 0.15) is 6.54 Å². The Morgan fingerprint density at radius 2 is 1.89 bits per heavy atom. The molecule has 0 fully saturated rings. The van der Waals surface area contributed by atoms with Crippen LogP contribution in [0.5, 0.6) is 0 Å². The number of rotatable bonds is 3. The van der Waals surface area contributed by atoms with Crippen LogP contribution in [-0.4, -0.2) is 15.6 Å². The molecular formula is C15H16N2O2. The van der Waals surface area contributed by atoms with E-state index in [0.29, 0.717) is 5.56 Å². The SMILES string of the molecule is Cc1cnn(CC(=O)c2ccc(C)c(C)c2)c(=O)c1. The van der Waals surface area contributed by atoms with Gasteiger partial charge in [-0.15, -0.1) is 0 Å². The molecule has 1 aromatic heterocycles. The van der Waals surface area contributed by atoms with Crippen LogP contribution in [0.2, 0.25) is 0 Å². The predicted octanol–water partition coefficient (Wildman–Crippen LogP) is 2.05. The zero-order chi connectivity index (χ0) is 14.0. The molecule has 0 bridgehead atoms. The molecule has 0 N–H and O–H groups in total. The van der Waals surface area contributed by atoms with Crippen LogP contribution in [0.3, 0.4) is 0 Å². The Morgan fingerprint density at radius 3 is 2.53 bits per heavy atom. The third-order valence-electron chi connectivity index (χ3n) is 3.13. The zero-order valence-electron chi connectivity index (χ0n) is 11.3. The molecule has 0 unspecified atom stereocenters. The van der Waals surface area contributed by atoms with Crippen molar-refractivity contribution >= 4 is 5.78 Å². The summed E-state index contributed by atoms with van der Waals surface area (Å²) in [5, 5.41) is 3.97. The van der Waals surface area contributed by atoms with Crippen molar-refractivity contribution in [3.05, 3.63) is 63.1 Å². The number of carbonyl (C=O) groups is 1. The van der Waals surface area contributed by atoms with E-state index >= 15 is 0 Å². The Balaban J connectivity index is 2.25. The van der Waals surface area contributed by atoms with Gasteiger partial charge in [-0.25, -0.2) is 4.68 Å². The van der Waals surface area contributed by atoms with E-state index in [2.05, 4.69) is 5.10 Å². The monoisotopic (exact) mass is 256 g/mol. The normalized spacial score (nSPS) is 10.5. The van der Waals surface area contributed by atoms with Crippen LogP contribution in [-0.2, 0) is 6.54 Å². The van der Waals surface area contributed by atoms with Gasteiger partial charge in [0.2, 0.25) is 0 Å². The van der Waals surface area contributed by atoms with Crippen LogP contribution in [0.15, 0.2) is 35.3 Å². The number of benzene rings is 1. The molecule has 2 aromatic rings. The lowest BCUT2D eigenvalue weighted by molar-refractivity contribution is 0.0965. The number of Topliss-reactive ketones (excluding diaryl/α,β-unsaturated/α-hetero) is 1. The smallest absolute Gasteiger partial charge is 0.267 e. The Kier molecular flexibility index (Phi) is 3.60. The van der Waals surface area contributed by atoms with Crippen LogP contribution in [0.4, 0.5) is 0 Å². The number of carbonyl (C=O) groups excluding carboxylic acids is 1. The van der Waals surface area contributed by atoms with E-state index in [4.69, 9.17) is 0 Å². The average Bonchev–Trinajstić information content (AvgIpc) is 2.36. The maximum atomic E-state index is 12.1. The van der Waals surface area contributed by atoms with Gasteiger partial charge in [-0.05, 0) is 43.5 Å². The number of hydrogen-bond donors (Lipinski definition) is 0. The molecule has 19 heavy (non-hydrogen) atoms. The van der Waals surface area contributed by atoms with Crippen LogP contribution in [0, 0.1) is 20.8 Å². The second-order valence-electron chi connectivity index (χ2n) is 4.75. The standard InChI is InChI=1S/C15H16N2O2/c1-10-6-15(19)17(16-8-10)9-14(18)13-5-4-11(2)12(3)7-13/h4-8H,9H2,1-3H3. The van der Waals surface area contributed by atoms with E-state index in [-0.39, 0.29) is 17.9 Å². The second kappa shape index (κ2) is 5.18. The lowest BCUT2D eigenvalue weighted by Crippen LogP contribution is -2.26. The highest BCUT2D eigenvalue weighted by Gasteiger charge is 2.09. The maximum Gasteiger partial charge on any atom is 0.267 e. The molecule has 0 aliphatic heterocycles. The third kappa shape index (κ3) is 2.96. The molecule has 1 heterocycles. The van der Waals surface area contributed by atoms with E-state index < -0.39 is 0 Å². The molecular weight excluding hydrogens is 240 g/mol. The van der Waals surface area contributed by atoms with Gasteiger partial charge in [0, 0.05) is 11.6 Å². The van der Waals surface area contributed by atoms with Gasteiger partial charge >= 0.3 is 0 Å². The van der Waals surface area contributed by atoms with Crippen LogP contribution in [0.1, 0.15) is 27.0 Å². The molecule has 1 aromatic carbocycles. The molecule has 0 amide bonds. The van der Waals surface area contributed by atoms with Crippen LogP contribution >= 0.6 is 0 Å². The second-order valence-corrected chi connectivity index (χ2v) is 4.75. The van der Waals surface area contributed by atoms with Gasteiger partial charge in [-0.1, -0.05) is 12.1 Å². The zero-order valence-corrected chi connectivity index (χ0v) is 11.3. The van der Waals surface area contributed by atoms with E-state index in [1.54, 1.807) is 19.2 Å². The number of nitrogens with zero attached hydrogens (tertiary/aromatic N) is 2. The van der Waals surface area contributed by atoms with Crippen molar-refractivity contribution in [2.45, 2.75) is 27.3 Å². The van der Waals surface area contributed by atoms with Crippen molar-refractivity contribution in [3.63, 3.8) is 0 Å². The molecule has 0 saturated carbocycles. The summed E-state index contributed by atoms with van der Waals surface area (Å²) in [5.74, 6) is -0.110. The van der Waals surface area contributed by atoms with Crippen LogP contribution in [0.25, 0.3) is 0 Å². The van der Waals surface area contributed by atoms with Crippen molar-refractivity contribution in [2.24, 2.45) is 0 Å². The van der Waals surface area contributed by atoms with E-state index in [0.717, 1.165) is 16.7 Å². The van der Waals surface area contributed by atoms with Crippen LogP contribution < -0.4 is 5.56 Å². The fraction of sp³-hybridized carbons (Fsp3) is 0.267. The summed E-state index contributed by atoms with van der Waals surface area (Å²) in [6, 6.07) is 7.01. The van der Waals surface area contributed by atoms with Gasteiger partial charge in [0.15, 0.2) is 5.78 Å². The summed E-state index contributed by atoms with van der Waals surface area (Å²) in [6.07, 6.45) is 1.58. The topological polar surface area (TPSA) is 52.0 Å². The molecule has 0 radical (unpaired) electrons. The molecule has 4 heteroatoms. The Labute approximate surface area is 111 Å². The molecule has 2 rings (SSSR count). The van der Waals surface area contributed by atoms with Crippen molar-refractivity contribution in [1.29, 1.82) is 0 Å². The molecule has 0 spiro atoms. The Morgan fingerprint density at radius 1 is 1.16 bits per heavy atom. The van der Waals surface area contributed by atoms with E-state index in [1.807, 2.05) is 26.0 Å². The lowest BCUT2D eigenvalue weighted by Gasteiger charge is -2.06. The number of aromatic nitrogens is 2. The van der Waals surface area contributed by atoms with Gasteiger partial charge in [-0.3, -0.25) is 9.59 Å². The minimum atomic E-state index is -0.253. The maximum absolute atomic E-state index is 12.1. The minimum absolute atomic E-state index is 0.0262. The summed E-state index contributed by atoms with van der Waals surface area (Å²) in [4.78, 5) is 23.8. The van der Waals surface area contributed by atoms with Crippen molar-refractivity contribution in [1.82, 2.24) is 9.78 Å². The molecule has 0 saturated heterocycles. The first-order valence-corrected chi connectivity index (χ1v) is 6.11. The summed E-state index contributed by atoms with van der Waals surface area (Å²) in [6.45, 7) is 5.73. The summed E-state index contributed by atoms with van der Waals surface area (Å²) >= 11 is 0. The van der Waals surface area contributed by atoms with Crippen molar-refractivity contribution < 1.29 is 4.79 Å². The van der Waals surface area contributed by atoms with Gasteiger partial charge < -0.3 is 0 Å². The summed E-state index contributed by atoms with van der Waals surface area (Å²) in [7, 11) is 0.